The Hall–Kier alpha value is -2.47. The average Bonchev–Trinajstić information content (AvgIpc) is 3.03. The quantitative estimate of drug-likeness (QED) is 0.868. The van der Waals surface area contributed by atoms with Crippen molar-refractivity contribution in [2.45, 2.75) is 43.2 Å². The fourth-order valence-electron chi connectivity index (χ4n) is 4.82. The minimum absolute atomic E-state index is 0.0442. The molecule has 0 radical (unpaired) electrons. The average molecular weight is 380 g/mol. The standard InChI is InChI=1S/C22H29N5O/c1-26(2)22(18-7-4-3-5-8-18)12-10-21(11-13-22)17-27(20(28)25-21)16-9-19-23-14-6-15-24-19/h3-8,14-15H,9-13,16-17H2,1-2H3,(H,25,28). The summed E-state index contributed by atoms with van der Waals surface area (Å²) in [6.07, 6.45) is 8.25. The lowest BCUT2D eigenvalue weighted by molar-refractivity contribution is 0.0620. The SMILES string of the molecule is CN(C)C1(c2ccccc2)CCC2(CC1)CN(CCc1ncccn1)C(=O)N2. The number of amides is 2. The summed E-state index contributed by atoms with van der Waals surface area (Å²) < 4.78 is 0. The second-order valence-corrected chi connectivity index (χ2v) is 8.34. The molecular formula is C22H29N5O. The Morgan fingerprint density at radius 1 is 1.04 bits per heavy atom. The van der Waals surface area contributed by atoms with Gasteiger partial charge < -0.3 is 10.2 Å². The van der Waals surface area contributed by atoms with Crippen molar-refractivity contribution in [1.82, 2.24) is 25.1 Å². The van der Waals surface area contributed by atoms with Gasteiger partial charge >= 0.3 is 6.03 Å². The normalized spacial score (nSPS) is 27.4. The number of hydrogen-bond donors (Lipinski definition) is 1. The highest BCUT2D eigenvalue weighted by atomic mass is 16.2. The molecular weight excluding hydrogens is 350 g/mol. The van der Waals surface area contributed by atoms with Gasteiger partial charge in [-0.1, -0.05) is 30.3 Å². The molecule has 1 saturated heterocycles. The third kappa shape index (κ3) is 3.49. The van der Waals surface area contributed by atoms with Crippen molar-refractivity contribution in [3.63, 3.8) is 0 Å². The molecule has 1 saturated carbocycles. The van der Waals surface area contributed by atoms with Crippen LogP contribution in [0.5, 0.6) is 0 Å². The van der Waals surface area contributed by atoms with Crippen molar-refractivity contribution < 1.29 is 4.79 Å². The zero-order valence-corrected chi connectivity index (χ0v) is 16.8. The van der Waals surface area contributed by atoms with E-state index in [0.717, 1.165) is 38.1 Å². The van der Waals surface area contributed by atoms with E-state index in [4.69, 9.17) is 0 Å². The van der Waals surface area contributed by atoms with Gasteiger partial charge in [-0.25, -0.2) is 14.8 Å². The van der Waals surface area contributed by atoms with Crippen LogP contribution in [0.1, 0.15) is 37.1 Å². The molecule has 2 fully saturated rings. The van der Waals surface area contributed by atoms with Gasteiger partial charge in [-0.3, -0.25) is 4.90 Å². The fraction of sp³-hybridized carbons (Fsp3) is 0.500. The molecule has 1 aliphatic heterocycles. The minimum Gasteiger partial charge on any atom is -0.331 e. The van der Waals surface area contributed by atoms with Crippen LogP contribution in [0.4, 0.5) is 4.79 Å². The monoisotopic (exact) mass is 379 g/mol. The Morgan fingerprint density at radius 3 is 2.36 bits per heavy atom. The van der Waals surface area contributed by atoms with Crippen LogP contribution in [0.25, 0.3) is 0 Å². The van der Waals surface area contributed by atoms with Crippen LogP contribution < -0.4 is 5.32 Å². The first kappa shape index (κ1) is 18.9. The zero-order valence-electron chi connectivity index (χ0n) is 16.8. The number of aromatic nitrogens is 2. The summed E-state index contributed by atoms with van der Waals surface area (Å²) in [7, 11) is 4.34. The molecule has 4 rings (SSSR count). The van der Waals surface area contributed by atoms with E-state index in [2.05, 4.69) is 64.6 Å². The van der Waals surface area contributed by atoms with Crippen LogP contribution in [-0.2, 0) is 12.0 Å². The Kier molecular flexibility index (Phi) is 5.06. The molecule has 28 heavy (non-hydrogen) atoms. The van der Waals surface area contributed by atoms with Gasteiger partial charge in [-0.15, -0.1) is 0 Å². The Morgan fingerprint density at radius 2 is 1.71 bits per heavy atom. The van der Waals surface area contributed by atoms with Gasteiger partial charge in [0.2, 0.25) is 0 Å². The molecule has 1 aliphatic carbocycles. The van der Waals surface area contributed by atoms with Crippen molar-refractivity contribution in [1.29, 1.82) is 0 Å². The van der Waals surface area contributed by atoms with E-state index in [9.17, 15) is 4.79 Å². The van der Waals surface area contributed by atoms with E-state index in [1.54, 1.807) is 12.4 Å². The van der Waals surface area contributed by atoms with Crippen molar-refractivity contribution in [2.24, 2.45) is 0 Å². The molecule has 2 heterocycles. The summed E-state index contributed by atoms with van der Waals surface area (Å²) in [5.41, 5.74) is 1.31. The van der Waals surface area contributed by atoms with Gasteiger partial charge in [0, 0.05) is 37.4 Å². The number of benzene rings is 1. The van der Waals surface area contributed by atoms with E-state index in [1.807, 2.05) is 11.0 Å². The number of carbonyl (C=O) groups excluding carboxylic acids is 1. The second-order valence-electron chi connectivity index (χ2n) is 8.34. The van der Waals surface area contributed by atoms with Gasteiger partial charge in [0.1, 0.15) is 5.82 Å². The van der Waals surface area contributed by atoms with Crippen LogP contribution in [0.2, 0.25) is 0 Å². The Labute approximate surface area is 167 Å². The third-order valence-electron chi connectivity index (χ3n) is 6.58. The molecule has 1 aromatic carbocycles. The van der Waals surface area contributed by atoms with Crippen molar-refractivity contribution in [2.75, 3.05) is 27.2 Å². The molecule has 148 valence electrons. The highest BCUT2D eigenvalue weighted by Crippen LogP contribution is 2.45. The van der Waals surface area contributed by atoms with Gasteiger partial charge in [-0.05, 0) is 51.4 Å². The Bertz CT molecular complexity index is 800. The first-order chi connectivity index (χ1) is 13.5. The van der Waals surface area contributed by atoms with Gasteiger partial charge in [0.25, 0.3) is 0 Å². The van der Waals surface area contributed by atoms with Crippen LogP contribution in [0.15, 0.2) is 48.8 Å². The number of nitrogens with one attached hydrogen (secondary N) is 1. The molecule has 0 atom stereocenters. The highest BCUT2D eigenvalue weighted by Gasteiger charge is 2.49. The second kappa shape index (κ2) is 7.51. The maximum atomic E-state index is 12.6. The largest absolute Gasteiger partial charge is 0.331 e. The summed E-state index contributed by atoms with van der Waals surface area (Å²) in [4.78, 5) is 25.4. The maximum Gasteiger partial charge on any atom is 0.317 e. The lowest BCUT2D eigenvalue weighted by Gasteiger charge is -2.48. The van der Waals surface area contributed by atoms with E-state index < -0.39 is 0 Å². The number of carbonyl (C=O) groups is 1. The topological polar surface area (TPSA) is 61.4 Å². The summed E-state index contributed by atoms with van der Waals surface area (Å²) in [5, 5.41) is 3.31. The number of hydrogen-bond acceptors (Lipinski definition) is 4. The molecule has 2 aromatic rings. The van der Waals surface area contributed by atoms with E-state index in [-0.39, 0.29) is 17.1 Å². The lowest BCUT2D eigenvalue weighted by Crippen LogP contribution is -2.54. The third-order valence-corrected chi connectivity index (χ3v) is 6.58. The number of rotatable bonds is 5. The molecule has 0 unspecified atom stereocenters. The highest BCUT2D eigenvalue weighted by molar-refractivity contribution is 5.78. The summed E-state index contributed by atoms with van der Waals surface area (Å²) in [5.74, 6) is 0.788. The predicted octanol–water partition coefficient (Wildman–Crippen LogP) is 2.81. The predicted molar refractivity (Wildman–Crippen MR) is 109 cm³/mol. The van der Waals surface area contributed by atoms with E-state index >= 15 is 0 Å². The summed E-state index contributed by atoms with van der Waals surface area (Å²) in [6.45, 7) is 1.44. The van der Waals surface area contributed by atoms with Gasteiger partial charge in [0.15, 0.2) is 0 Å². The molecule has 1 aromatic heterocycles. The number of urea groups is 1. The van der Waals surface area contributed by atoms with Crippen molar-refractivity contribution in [3.05, 3.63) is 60.2 Å². The van der Waals surface area contributed by atoms with Crippen molar-refractivity contribution in [3.8, 4) is 0 Å². The van der Waals surface area contributed by atoms with Crippen LogP contribution in [-0.4, -0.2) is 58.5 Å². The van der Waals surface area contributed by atoms with Gasteiger partial charge in [-0.2, -0.15) is 0 Å². The summed E-state index contributed by atoms with van der Waals surface area (Å²) in [6, 6.07) is 12.6. The molecule has 1 N–H and O–H groups in total. The molecule has 0 bridgehead atoms. The zero-order chi connectivity index (χ0) is 19.6. The van der Waals surface area contributed by atoms with Crippen molar-refractivity contribution >= 4 is 6.03 Å². The van der Waals surface area contributed by atoms with E-state index in [1.165, 1.54) is 5.56 Å². The summed E-state index contributed by atoms with van der Waals surface area (Å²) >= 11 is 0. The maximum absolute atomic E-state index is 12.6. The number of nitrogens with zero attached hydrogens (tertiary/aromatic N) is 4. The molecule has 2 aliphatic rings. The van der Waals surface area contributed by atoms with Crippen LogP contribution in [0, 0.1) is 0 Å². The van der Waals surface area contributed by atoms with Crippen LogP contribution in [0.3, 0.4) is 0 Å². The molecule has 6 heteroatoms. The lowest BCUT2D eigenvalue weighted by atomic mass is 9.69. The molecule has 2 amide bonds. The smallest absolute Gasteiger partial charge is 0.317 e. The van der Waals surface area contributed by atoms with E-state index in [0.29, 0.717) is 13.0 Å². The minimum atomic E-state index is -0.108. The fourth-order valence-corrected chi connectivity index (χ4v) is 4.82. The van der Waals surface area contributed by atoms with Crippen LogP contribution >= 0.6 is 0 Å². The van der Waals surface area contributed by atoms with Gasteiger partial charge in [0.05, 0.1) is 5.54 Å². The molecule has 6 nitrogen and oxygen atoms in total. The first-order valence-corrected chi connectivity index (χ1v) is 10.1. The first-order valence-electron chi connectivity index (χ1n) is 10.1. The molecule has 1 spiro atoms. The Balaban J connectivity index is 1.43.